The number of rotatable bonds is 2. The first kappa shape index (κ1) is 12.2. The molecule has 4 heteroatoms. The highest BCUT2D eigenvalue weighted by Crippen LogP contribution is 2.24. The molecule has 0 bridgehead atoms. The number of hydrogen-bond acceptors (Lipinski definition) is 3. The lowest BCUT2D eigenvalue weighted by atomic mass is 9.91. The maximum Gasteiger partial charge on any atom is 0.101 e. The zero-order chi connectivity index (χ0) is 12.3. The first-order valence-electron chi connectivity index (χ1n) is 5.91. The molecule has 2 rings (SSSR count). The van der Waals surface area contributed by atoms with Crippen LogP contribution in [0, 0.1) is 11.3 Å². The van der Waals surface area contributed by atoms with Crippen LogP contribution in [0.2, 0.25) is 5.02 Å². The molecule has 0 amide bonds. The summed E-state index contributed by atoms with van der Waals surface area (Å²) in [7, 11) is 0. The number of nitrogens with one attached hydrogen (secondary N) is 1. The predicted octanol–water partition coefficient (Wildman–Crippen LogP) is 2.89. The molecule has 0 aliphatic heterocycles. The fraction of sp³-hybridized carbons (Fsp3) is 0.462. The lowest BCUT2D eigenvalue weighted by molar-refractivity contribution is 0.411. The summed E-state index contributed by atoms with van der Waals surface area (Å²) in [5, 5.41) is 12.7. The summed E-state index contributed by atoms with van der Waals surface area (Å²) in [5.41, 5.74) is 7.36. The van der Waals surface area contributed by atoms with Gasteiger partial charge in [-0.15, -0.1) is 0 Å². The maximum atomic E-state index is 8.79. The molecule has 1 aliphatic rings. The number of hydrogen-bond donors (Lipinski definition) is 2. The second kappa shape index (κ2) is 5.39. The van der Waals surface area contributed by atoms with Crippen LogP contribution in [0.3, 0.4) is 0 Å². The van der Waals surface area contributed by atoms with Crippen LogP contribution < -0.4 is 11.1 Å². The Morgan fingerprint density at radius 2 is 2.00 bits per heavy atom. The van der Waals surface area contributed by atoms with Crippen molar-refractivity contribution in [3.8, 4) is 6.07 Å². The molecule has 0 heterocycles. The zero-order valence-electron chi connectivity index (χ0n) is 9.62. The first-order valence-corrected chi connectivity index (χ1v) is 6.28. The molecule has 0 atom stereocenters. The average Bonchev–Trinajstić information content (AvgIpc) is 2.32. The highest BCUT2D eigenvalue weighted by atomic mass is 35.5. The molecule has 1 saturated carbocycles. The fourth-order valence-electron chi connectivity index (χ4n) is 2.19. The predicted molar refractivity (Wildman–Crippen MR) is 70.0 cm³/mol. The number of halogens is 1. The van der Waals surface area contributed by atoms with E-state index in [1.165, 1.54) is 0 Å². The molecule has 0 saturated heterocycles. The zero-order valence-corrected chi connectivity index (χ0v) is 10.4. The van der Waals surface area contributed by atoms with Crippen molar-refractivity contribution in [2.75, 3.05) is 5.32 Å². The molecule has 0 spiro atoms. The van der Waals surface area contributed by atoms with Crippen LogP contribution in [0.4, 0.5) is 5.69 Å². The molecule has 0 aromatic heterocycles. The van der Waals surface area contributed by atoms with E-state index in [-0.39, 0.29) is 0 Å². The van der Waals surface area contributed by atoms with Crippen molar-refractivity contribution in [1.29, 1.82) is 5.26 Å². The average molecular weight is 250 g/mol. The van der Waals surface area contributed by atoms with Gasteiger partial charge in [-0.2, -0.15) is 5.26 Å². The van der Waals surface area contributed by atoms with Gasteiger partial charge in [-0.3, -0.25) is 0 Å². The Balaban J connectivity index is 2.00. The van der Waals surface area contributed by atoms with E-state index in [0.717, 1.165) is 31.4 Å². The normalized spacial score (nSPS) is 24.1. The molecule has 1 aromatic carbocycles. The van der Waals surface area contributed by atoms with Crippen LogP contribution in [0.5, 0.6) is 0 Å². The third kappa shape index (κ3) is 3.12. The molecular weight excluding hydrogens is 234 g/mol. The quantitative estimate of drug-likeness (QED) is 0.847. The van der Waals surface area contributed by atoms with Crippen molar-refractivity contribution in [2.45, 2.75) is 37.8 Å². The second-order valence-corrected chi connectivity index (χ2v) is 4.97. The summed E-state index contributed by atoms with van der Waals surface area (Å²) in [6.45, 7) is 0. The van der Waals surface area contributed by atoms with Crippen LogP contribution in [0.1, 0.15) is 31.2 Å². The summed E-state index contributed by atoms with van der Waals surface area (Å²) >= 11 is 5.99. The smallest absolute Gasteiger partial charge is 0.101 e. The molecule has 3 nitrogen and oxygen atoms in total. The third-order valence-electron chi connectivity index (χ3n) is 3.23. The molecule has 90 valence electrons. The minimum atomic E-state index is 0.359. The minimum absolute atomic E-state index is 0.359. The van der Waals surface area contributed by atoms with Gasteiger partial charge in [-0.1, -0.05) is 11.6 Å². The van der Waals surface area contributed by atoms with Crippen molar-refractivity contribution in [3.63, 3.8) is 0 Å². The van der Waals surface area contributed by atoms with Crippen LogP contribution in [0.15, 0.2) is 18.2 Å². The van der Waals surface area contributed by atoms with Gasteiger partial charge in [-0.25, -0.2) is 0 Å². The molecule has 1 aromatic rings. The van der Waals surface area contributed by atoms with E-state index in [1.54, 1.807) is 6.07 Å². The van der Waals surface area contributed by atoms with Crippen LogP contribution in [0.25, 0.3) is 0 Å². The van der Waals surface area contributed by atoms with Crippen molar-refractivity contribution in [2.24, 2.45) is 5.73 Å². The van der Waals surface area contributed by atoms with Crippen molar-refractivity contribution >= 4 is 17.3 Å². The van der Waals surface area contributed by atoms with Crippen LogP contribution >= 0.6 is 11.6 Å². The highest BCUT2D eigenvalue weighted by Gasteiger charge is 2.18. The number of nitrogens with zero attached hydrogens (tertiary/aromatic N) is 1. The Labute approximate surface area is 107 Å². The number of benzene rings is 1. The molecule has 0 unspecified atom stereocenters. The molecule has 1 fully saturated rings. The number of anilines is 1. The van der Waals surface area contributed by atoms with Gasteiger partial charge in [0.1, 0.15) is 6.07 Å². The topological polar surface area (TPSA) is 61.8 Å². The van der Waals surface area contributed by atoms with Gasteiger partial charge < -0.3 is 11.1 Å². The fourth-order valence-corrected chi connectivity index (χ4v) is 2.42. The molecular formula is C13H16ClN3. The summed E-state index contributed by atoms with van der Waals surface area (Å²) in [6, 6.07) is 8.35. The van der Waals surface area contributed by atoms with E-state index >= 15 is 0 Å². The van der Waals surface area contributed by atoms with Gasteiger partial charge in [0.05, 0.1) is 10.6 Å². The van der Waals surface area contributed by atoms with Gasteiger partial charge in [0.2, 0.25) is 0 Å². The number of nitrogens with two attached hydrogens (primary N) is 1. The summed E-state index contributed by atoms with van der Waals surface area (Å²) in [4.78, 5) is 0. The van der Waals surface area contributed by atoms with E-state index in [2.05, 4.69) is 11.4 Å². The lowest BCUT2D eigenvalue weighted by Crippen LogP contribution is -2.32. The van der Waals surface area contributed by atoms with Gasteiger partial charge in [-0.05, 0) is 43.9 Å². The summed E-state index contributed by atoms with van der Waals surface area (Å²) in [5.74, 6) is 0. The van der Waals surface area contributed by atoms with Crippen LogP contribution in [-0.4, -0.2) is 12.1 Å². The summed E-state index contributed by atoms with van der Waals surface area (Å²) in [6.07, 6.45) is 4.33. The molecule has 0 radical (unpaired) electrons. The van der Waals surface area contributed by atoms with E-state index in [9.17, 15) is 0 Å². The maximum absolute atomic E-state index is 8.79. The van der Waals surface area contributed by atoms with Gasteiger partial charge in [0.25, 0.3) is 0 Å². The van der Waals surface area contributed by atoms with Gasteiger partial charge >= 0.3 is 0 Å². The SMILES string of the molecule is N#Cc1ccc(N[C@H]2CC[C@H](N)CC2)cc1Cl. The van der Waals surface area contributed by atoms with E-state index in [1.807, 2.05) is 12.1 Å². The standard InChI is InChI=1S/C13H16ClN3/c14-13-7-12(4-1-9(13)8-15)17-11-5-2-10(16)3-6-11/h1,4,7,10-11,17H,2-3,5-6,16H2/t10-,11-. The Bertz CT molecular complexity index is 431. The Morgan fingerprint density at radius 3 is 2.59 bits per heavy atom. The number of nitriles is 1. The second-order valence-electron chi connectivity index (χ2n) is 4.56. The first-order chi connectivity index (χ1) is 8.19. The minimum Gasteiger partial charge on any atom is -0.382 e. The third-order valence-corrected chi connectivity index (χ3v) is 3.54. The van der Waals surface area contributed by atoms with Crippen molar-refractivity contribution < 1.29 is 0 Å². The molecule has 1 aliphatic carbocycles. The van der Waals surface area contributed by atoms with E-state index in [0.29, 0.717) is 22.7 Å². The van der Waals surface area contributed by atoms with Crippen LogP contribution in [-0.2, 0) is 0 Å². The van der Waals surface area contributed by atoms with E-state index < -0.39 is 0 Å². The lowest BCUT2D eigenvalue weighted by Gasteiger charge is -2.27. The Morgan fingerprint density at radius 1 is 1.29 bits per heavy atom. The van der Waals surface area contributed by atoms with Crippen molar-refractivity contribution in [1.82, 2.24) is 0 Å². The summed E-state index contributed by atoms with van der Waals surface area (Å²) < 4.78 is 0. The Hall–Kier alpha value is -1.24. The molecule has 17 heavy (non-hydrogen) atoms. The molecule has 3 N–H and O–H groups in total. The highest BCUT2D eigenvalue weighted by molar-refractivity contribution is 6.32. The monoisotopic (exact) mass is 249 g/mol. The Kier molecular flexibility index (Phi) is 3.88. The van der Waals surface area contributed by atoms with Gasteiger partial charge in [0.15, 0.2) is 0 Å². The largest absolute Gasteiger partial charge is 0.382 e. The van der Waals surface area contributed by atoms with Gasteiger partial charge in [0, 0.05) is 17.8 Å². The van der Waals surface area contributed by atoms with Crippen molar-refractivity contribution in [3.05, 3.63) is 28.8 Å². The van der Waals surface area contributed by atoms with E-state index in [4.69, 9.17) is 22.6 Å².